The van der Waals surface area contributed by atoms with Gasteiger partial charge in [0.05, 0.1) is 11.6 Å². The second-order valence-electron chi connectivity index (χ2n) is 5.58. The van der Waals surface area contributed by atoms with Gasteiger partial charge in [-0.1, -0.05) is 13.0 Å². The zero-order valence-corrected chi connectivity index (χ0v) is 14.0. The van der Waals surface area contributed by atoms with E-state index in [9.17, 15) is 0 Å². The Morgan fingerprint density at radius 3 is 2.70 bits per heavy atom. The molecule has 1 aromatic carbocycles. The molecule has 2 N–H and O–H groups in total. The monoisotopic (exact) mass is 340 g/mol. The summed E-state index contributed by atoms with van der Waals surface area (Å²) < 4.78 is 6.30. The fourth-order valence-electron chi connectivity index (χ4n) is 2.68. The van der Waals surface area contributed by atoms with Crippen LogP contribution in [0.15, 0.2) is 22.7 Å². The van der Waals surface area contributed by atoms with Crippen LogP contribution < -0.4 is 10.5 Å². The molecular formula is C16H25BrN2O. The second kappa shape index (κ2) is 7.43. The first-order chi connectivity index (χ1) is 9.69. The first kappa shape index (κ1) is 15.8. The zero-order chi connectivity index (χ0) is 14.5. The van der Waals surface area contributed by atoms with Gasteiger partial charge in [-0.25, -0.2) is 0 Å². The van der Waals surface area contributed by atoms with Crippen molar-refractivity contribution >= 4 is 15.9 Å². The zero-order valence-electron chi connectivity index (χ0n) is 12.4. The normalized spacial score (nSPS) is 16.4. The largest absolute Gasteiger partial charge is 0.496 e. The van der Waals surface area contributed by atoms with Crippen molar-refractivity contribution in [1.29, 1.82) is 0 Å². The number of rotatable bonds is 8. The third-order valence-corrected chi connectivity index (χ3v) is 4.54. The maximum atomic E-state index is 6.06. The highest BCUT2D eigenvalue weighted by Gasteiger charge is 2.28. The number of nitrogens with two attached hydrogens (primary N) is 1. The van der Waals surface area contributed by atoms with Gasteiger partial charge in [0.1, 0.15) is 5.75 Å². The summed E-state index contributed by atoms with van der Waals surface area (Å²) in [6, 6.07) is 6.60. The minimum atomic E-state index is 0.303. The predicted octanol–water partition coefficient (Wildman–Crippen LogP) is 3.58. The van der Waals surface area contributed by atoms with Gasteiger partial charge in [0.25, 0.3) is 0 Å². The number of halogens is 1. The van der Waals surface area contributed by atoms with Gasteiger partial charge >= 0.3 is 0 Å². The maximum Gasteiger partial charge on any atom is 0.133 e. The van der Waals surface area contributed by atoms with E-state index in [-0.39, 0.29) is 0 Å². The summed E-state index contributed by atoms with van der Waals surface area (Å²) in [6.45, 7) is 5.18. The van der Waals surface area contributed by atoms with Crippen molar-refractivity contribution in [1.82, 2.24) is 4.90 Å². The third kappa shape index (κ3) is 3.96. The molecule has 112 valence electrons. The van der Waals surface area contributed by atoms with Crippen molar-refractivity contribution in [2.75, 3.05) is 26.7 Å². The van der Waals surface area contributed by atoms with Gasteiger partial charge in [-0.3, -0.25) is 4.90 Å². The first-order valence-electron chi connectivity index (χ1n) is 7.47. The van der Waals surface area contributed by atoms with E-state index in [4.69, 9.17) is 10.5 Å². The minimum Gasteiger partial charge on any atom is -0.496 e. The Morgan fingerprint density at radius 2 is 2.20 bits per heavy atom. The van der Waals surface area contributed by atoms with Crippen LogP contribution >= 0.6 is 15.9 Å². The highest BCUT2D eigenvalue weighted by molar-refractivity contribution is 9.10. The number of benzene rings is 1. The fourth-order valence-corrected chi connectivity index (χ4v) is 3.24. The summed E-state index contributed by atoms with van der Waals surface area (Å²) >= 11 is 3.57. The van der Waals surface area contributed by atoms with Gasteiger partial charge in [0.15, 0.2) is 0 Å². The Kier molecular flexibility index (Phi) is 5.87. The summed E-state index contributed by atoms with van der Waals surface area (Å²) in [5.74, 6) is 1.76. The molecular weight excluding hydrogens is 316 g/mol. The lowest BCUT2D eigenvalue weighted by molar-refractivity contribution is 0.193. The number of nitrogens with zero attached hydrogens (tertiary/aromatic N) is 1. The molecule has 3 nitrogen and oxygen atoms in total. The van der Waals surface area contributed by atoms with Crippen molar-refractivity contribution in [3.8, 4) is 5.75 Å². The summed E-state index contributed by atoms with van der Waals surface area (Å²) in [5.41, 5.74) is 7.34. The van der Waals surface area contributed by atoms with Crippen molar-refractivity contribution in [2.45, 2.75) is 32.2 Å². The van der Waals surface area contributed by atoms with E-state index >= 15 is 0 Å². The van der Waals surface area contributed by atoms with E-state index < -0.39 is 0 Å². The molecule has 0 aromatic heterocycles. The number of hydrogen-bond acceptors (Lipinski definition) is 3. The Balaban J connectivity index is 2.17. The van der Waals surface area contributed by atoms with Crippen LogP contribution in [0.5, 0.6) is 5.75 Å². The summed E-state index contributed by atoms with van der Waals surface area (Å²) in [4.78, 5) is 2.55. The molecule has 1 unspecified atom stereocenters. The Labute approximate surface area is 130 Å². The van der Waals surface area contributed by atoms with E-state index in [0.29, 0.717) is 12.6 Å². The molecule has 0 bridgehead atoms. The number of ether oxygens (including phenoxy) is 1. The van der Waals surface area contributed by atoms with Crippen LogP contribution in [0.25, 0.3) is 0 Å². The van der Waals surface area contributed by atoms with Crippen molar-refractivity contribution in [2.24, 2.45) is 11.7 Å². The average Bonchev–Trinajstić information content (AvgIpc) is 3.24. The molecule has 0 amide bonds. The molecule has 2 rings (SSSR count). The number of methoxy groups -OCH3 is 1. The molecule has 1 atom stereocenters. The Morgan fingerprint density at radius 1 is 1.45 bits per heavy atom. The van der Waals surface area contributed by atoms with Crippen LogP contribution in [0.2, 0.25) is 0 Å². The highest BCUT2D eigenvalue weighted by atomic mass is 79.9. The summed E-state index contributed by atoms with van der Waals surface area (Å²) in [7, 11) is 1.69. The quantitative estimate of drug-likeness (QED) is 0.785. The topological polar surface area (TPSA) is 38.5 Å². The van der Waals surface area contributed by atoms with E-state index in [0.717, 1.165) is 22.7 Å². The van der Waals surface area contributed by atoms with Crippen LogP contribution in [0.4, 0.5) is 0 Å². The predicted molar refractivity (Wildman–Crippen MR) is 87.1 cm³/mol. The highest BCUT2D eigenvalue weighted by Crippen LogP contribution is 2.34. The summed E-state index contributed by atoms with van der Waals surface area (Å²) in [5, 5.41) is 0. The molecule has 1 aliphatic rings. The van der Waals surface area contributed by atoms with Crippen LogP contribution in [0, 0.1) is 5.92 Å². The molecule has 1 fully saturated rings. The van der Waals surface area contributed by atoms with Gasteiger partial charge in [-0.2, -0.15) is 0 Å². The fraction of sp³-hybridized carbons (Fsp3) is 0.625. The van der Waals surface area contributed by atoms with Crippen LogP contribution in [-0.2, 0) is 0 Å². The summed E-state index contributed by atoms with van der Waals surface area (Å²) in [6.07, 6.45) is 3.92. The smallest absolute Gasteiger partial charge is 0.133 e. The average molecular weight is 341 g/mol. The lowest BCUT2D eigenvalue weighted by atomic mass is 10.0. The molecule has 4 heteroatoms. The molecule has 0 heterocycles. The van der Waals surface area contributed by atoms with E-state index in [1.54, 1.807) is 7.11 Å². The third-order valence-electron chi connectivity index (χ3n) is 3.93. The lowest BCUT2D eigenvalue weighted by Gasteiger charge is -2.31. The van der Waals surface area contributed by atoms with Crippen LogP contribution in [0.3, 0.4) is 0 Å². The van der Waals surface area contributed by atoms with Crippen molar-refractivity contribution in [3.63, 3.8) is 0 Å². The van der Waals surface area contributed by atoms with Crippen LogP contribution in [-0.4, -0.2) is 31.6 Å². The van der Waals surface area contributed by atoms with E-state index in [1.165, 1.54) is 31.4 Å². The minimum absolute atomic E-state index is 0.303. The van der Waals surface area contributed by atoms with Gasteiger partial charge < -0.3 is 10.5 Å². The molecule has 1 aromatic rings. The lowest BCUT2D eigenvalue weighted by Crippen LogP contribution is -2.36. The van der Waals surface area contributed by atoms with Gasteiger partial charge in [-0.05, 0) is 65.4 Å². The molecule has 0 saturated heterocycles. The molecule has 0 spiro atoms. The van der Waals surface area contributed by atoms with Gasteiger partial charge in [0.2, 0.25) is 0 Å². The molecule has 1 saturated carbocycles. The standard InChI is InChI=1S/C16H25BrN2O/c1-3-8-19(11-12-4-5-12)15(10-18)13-6-7-16(20-2)14(17)9-13/h6-7,9,12,15H,3-5,8,10-11,18H2,1-2H3. The molecule has 0 radical (unpaired) electrons. The Hall–Kier alpha value is -0.580. The molecule has 20 heavy (non-hydrogen) atoms. The maximum absolute atomic E-state index is 6.06. The van der Waals surface area contributed by atoms with Crippen molar-refractivity contribution in [3.05, 3.63) is 28.2 Å². The Bertz CT molecular complexity index is 434. The first-order valence-corrected chi connectivity index (χ1v) is 8.26. The number of hydrogen-bond donors (Lipinski definition) is 1. The second-order valence-corrected chi connectivity index (χ2v) is 6.44. The molecule has 0 aliphatic heterocycles. The van der Waals surface area contributed by atoms with Crippen molar-refractivity contribution < 1.29 is 4.74 Å². The van der Waals surface area contributed by atoms with Gasteiger partial charge in [0, 0.05) is 19.1 Å². The SMILES string of the molecule is CCCN(CC1CC1)C(CN)c1ccc(OC)c(Br)c1. The van der Waals surface area contributed by atoms with E-state index in [2.05, 4.69) is 39.9 Å². The molecule has 1 aliphatic carbocycles. The van der Waals surface area contributed by atoms with E-state index in [1.807, 2.05) is 6.07 Å². The van der Waals surface area contributed by atoms with Gasteiger partial charge in [-0.15, -0.1) is 0 Å². The van der Waals surface area contributed by atoms with Crippen LogP contribution in [0.1, 0.15) is 37.8 Å².